The summed E-state index contributed by atoms with van der Waals surface area (Å²) in [6.45, 7) is 1.51. The molecule has 0 spiro atoms. The molecule has 9 heteroatoms. The van der Waals surface area contributed by atoms with Crippen LogP contribution < -0.4 is 5.01 Å². The van der Waals surface area contributed by atoms with Crippen LogP contribution in [-0.2, 0) is 9.53 Å². The second-order valence-corrected chi connectivity index (χ2v) is 5.14. The number of carbonyl (C=O) groups excluding carboxylic acids is 1. The molecule has 0 radical (unpaired) electrons. The first-order valence-electron chi connectivity index (χ1n) is 5.88. The van der Waals surface area contributed by atoms with Crippen molar-refractivity contribution in [3.05, 3.63) is 30.3 Å². The fourth-order valence-corrected chi connectivity index (χ4v) is 2.50. The third kappa shape index (κ3) is 2.84. The Hall–Kier alpha value is -1.74. The van der Waals surface area contributed by atoms with Crippen LogP contribution in [0.15, 0.2) is 35.4 Å². The lowest BCUT2D eigenvalue weighted by Gasteiger charge is -2.32. The Morgan fingerprint density at radius 1 is 1.43 bits per heavy atom. The lowest BCUT2D eigenvalue weighted by molar-refractivity contribution is -0.218. The van der Waals surface area contributed by atoms with E-state index in [1.807, 2.05) is 0 Å². The van der Waals surface area contributed by atoms with Gasteiger partial charge in [-0.2, -0.15) is 18.3 Å². The van der Waals surface area contributed by atoms with Crippen LogP contribution in [0.1, 0.15) is 6.92 Å². The maximum Gasteiger partial charge on any atom is 0.449 e. The largest absolute Gasteiger partial charge is 0.461 e. The molecule has 5 nitrogen and oxygen atoms in total. The number of anilines is 1. The van der Waals surface area contributed by atoms with E-state index in [9.17, 15) is 23.1 Å². The fourth-order valence-electron chi connectivity index (χ4n) is 1.61. The maximum absolute atomic E-state index is 13.2. The number of alkyl halides is 3. The molecule has 0 fully saturated rings. The van der Waals surface area contributed by atoms with Gasteiger partial charge in [0.15, 0.2) is 0 Å². The van der Waals surface area contributed by atoms with Crippen molar-refractivity contribution in [2.75, 3.05) is 11.6 Å². The van der Waals surface area contributed by atoms with Gasteiger partial charge in [0.2, 0.25) is 5.04 Å². The van der Waals surface area contributed by atoms with Crippen LogP contribution in [0.4, 0.5) is 18.9 Å². The molecule has 114 valence electrons. The SMILES string of the molecule is CCOC(=O)C1=NN(c2ccccc2)C(O)(C(F)(F)F)S1. The Balaban J connectivity index is 2.42. The Bertz CT molecular complexity index is 565. The highest BCUT2D eigenvalue weighted by Gasteiger charge is 2.64. The Morgan fingerprint density at radius 2 is 2.05 bits per heavy atom. The van der Waals surface area contributed by atoms with Crippen molar-refractivity contribution >= 4 is 28.5 Å². The van der Waals surface area contributed by atoms with Gasteiger partial charge >= 0.3 is 17.2 Å². The van der Waals surface area contributed by atoms with Crippen LogP contribution in [0, 0.1) is 0 Å². The zero-order chi connectivity index (χ0) is 15.7. The van der Waals surface area contributed by atoms with Crippen molar-refractivity contribution in [3.8, 4) is 0 Å². The number of ether oxygens (including phenoxy) is 1. The van der Waals surface area contributed by atoms with E-state index in [1.165, 1.54) is 31.2 Å². The molecule has 1 atom stereocenters. The first kappa shape index (κ1) is 15.6. The monoisotopic (exact) mass is 320 g/mol. The average Bonchev–Trinajstić information content (AvgIpc) is 2.79. The molecule has 0 saturated heterocycles. The summed E-state index contributed by atoms with van der Waals surface area (Å²) in [5.74, 6) is -1.01. The molecule has 21 heavy (non-hydrogen) atoms. The maximum atomic E-state index is 13.2. The van der Waals surface area contributed by atoms with Crippen LogP contribution in [0.2, 0.25) is 0 Å². The number of rotatable bonds is 3. The summed E-state index contributed by atoms with van der Waals surface area (Å²) in [5.41, 5.74) is 0.00382. The quantitative estimate of drug-likeness (QED) is 0.866. The van der Waals surface area contributed by atoms with Crippen LogP contribution in [-0.4, -0.2) is 34.0 Å². The molecule has 0 bridgehead atoms. The Kier molecular flexibility index (Phi) is 4.15. The van der Waals surface area contributed by atoms with Gasteiger partial charge in [-0.3, -0.25) is 0 Å². The summed E-state index contributed by atoms with van der Waals surface area (Å²) in [5, 5.41) is 9.99. The Labute approximate surface area is 122 Å². The van der Waals surface area contributed by atoms with Gasteiger partial charge in [0, 0.05) is 0 Å². The van der Waals surface area contributed by atoms with Gasteiger partial charge < -0.3 is 9.84 Å². The first-order valence-corrected chi connectivity index (χ1v) is 6.70. The van der Waals surface area contributed by atoms with Gasteiger partial charge in [0.1, 0.15) is 0 Å². The van der Waals surface area contributed by atoms with Gasteiger partial charge in [-0.25, -0.2) is 9.80 Å². The number of hydrogen-bond acceptors (Lipinski definition) is 6. The number of carbonyl (C=O) groups is 1. The lowest BCUT2D eigenvalue weighted by Crippen LogP contribution is -2.52. The molecule has 1 N–H and O–H groups in total. The predicted molar refractivity (Wildman–Crippen MR) is 71.6 cm³/mol. The number of hydrazone groups is 1. The molecule has 1 heterocycles. The second-order valence-electron chi connectivity index (χ2n) is 3.98. The van der Waals surface area contributed by atoms with Gasteiger partial charge in [-0.15, -0.1) is 0 Å². The van der Waals surface area contributed by atoms with Crippen LogP contribution in [0.25, 0.3) is 0 Å². The van der Waals surface area contributed by atoms with E-state index in [0.29, 0.717) is 5.01 Å². The zero-order valence-corrected chi connectivity index (χ0v) is 11.6. The second kappa shape index (κ2) is 5.57. The van der Waals surface area contributed by atoms with Crippen LogP contribution >= 0.6 is 11.8 Å². The highest BCUT2D eigenvalue weighted by Crippen LogP contribution is 2.48. The fraction of sp³-hybridized carbons (Fsp3) is 0.333. The molecule has 0 saturated carbocycles. The van der Waals surface area contributed by atoms with Gasteiger partial charge in [-0.1, -0.05) is 18.2 Å². The molecule has 0 aliphatic carbocycles. The van der Waals surface area contributed by atoms with Crippen molar-refractivity contribution in [1.29, 1.82) is 0 Å². The number of benzene rings is 1. The van der Waals surface area contributed by atoms with Gasteiger partial charge in [0.25, 0.3) is 0 Å². The topological polar surface area (TPSA) is 62.1 Å². The number of nitrogens with zero attached hydrogens (tertiary/aromatic N) is 2. The van der Waals surface area contributed by atoms with Crippen molar-refractivity contribution < 1.29 is 27.8 Å². The zero-order valence-electron chi connectivity index (χ0n) is 10.8. The molecule has 1 aliphatic rings. The van der Waals surface area contributed by atoms with Crippen molar-refractivity contribution in [1.82, 2.24) is 0 Å². The standard InChI is InChI=1S/C12H11F3N2O3S/c1-2-20-10(18)9-16-17(8-6-4-3-5-7-8)12(19,21-9)11(13,14)15/h3-7,19H,2H2,1H3. The number of aliphatic hydroxyl groups is 1. The van der Waals surface area contributed by atoms with E-state index in [4.69, 9.17) is 0 Å². The third-order valence-corrected chi connectivity index (χ3v) is 3.67. The lowest BCUT2D eigenvalue weighted by atomic mass is 10.3. The summed E-state index contributed by atoms with van der Waals surface area (Å²) >= 11 is -0.0972. The molecule has 1 unspecified atom stereocenters. The molecule has 1 aliphatic heterocycles. The minimum atomic E-state index is -5.02. The van der Waals surface area contributed by atoms with Gasteiger partial charge in [0.05, 0.1) is 12.3 Å². The number of hydrogen-bond donors (Lipinski definition) is 1. The molecule has 1 aromatic carbocycles. The number of esters is 1. The highest BCUT2D eigenvalue weighted by molar-refractivity contribution is 8.17. The summed E-state index contributed by atoms with van der Waals surface area (Å²) in [7, 11) is 0. The Morgan fingerprint density at radius 3 is 2.57 bits per heavy atom. The summed E-state index contributed by atoms with van der Waals surface area (Å²) in [6, 6.07) is 7.28. The normalized spacial score (nSPS) is 22.1. The minimum Gasteiger partial charge on any atom is -0.461 e. The van der Waals surface area contributed by atoms with Crippen LogP contribution in [0.3, 0.4) is 0 Å². The molecule has 1 aromatic rings. The van der Waals surface area contributed by atoms with E-state index in [2.05, 4.69) is 9.84 Å². The molecule has 0 amide bonds. The predicted octanol–water partition coefficient (Wildman–Crippen LogP) is 2.32. The van der Waals surface area contributed by atoms with E-state index in [0.717, 1.165) is 0 Å². The van der Waals surface area contributed by atoms with E-state index in [-0.39, 0.29) is 24.1 Å². The molecular weight excluding hydrogens is 309 g/mol. The van der Waals surface area contributed by atoms with E-state index < -0.39 is 22.2 Å². The highest BCUT2D eigenvalue weighted by atomic mass is 32.2. The molecule has 2 rings (SSSR count). The smallest absolute Gasteiger partial charge is 0.449 e. The number of thioether (sulfide) groups is 1. The van der Waals surface area contributed by atoms with Crippen molar-refractivity contribution in [2.45, 2.75) is 18.2 Å². The van der Waals surface area contributed by atoms with E-state index >= 15 is 0 Å². The summed E-state index contributed by atoms with van der Waals surface area (Å²) in [6.07, 6.45) is -5.02. The third-order valence-electron chi connectivity index (χ3n) is 2.54. The minimum absolute atomic E-state index is 0.00382. The molecule has 0 aromatic heterocycles. The van der Waals surface area contributed by atoms with E-state index in [1.54, 1.807) is 6.07 Å². The number of para-hydroxylation sites is 1. The average molecular weight is 320 g/mol. The van der Waals surface area contributed by atoms with Gasteiger partial charge in [-0.05, 0) is 30.8 Å². The first-order chi connectivity index (χ1) is 9.79. The van der Waals surface area contributed by atoms with Crippen molar-refractivity contribution in [3.63, 3.8) is 0 Å². The van der Waals surface area contributed by atoms with Crippen LogP contribution in [0.5, 0.6) is 0 Å². The van der Waals surface area contributed by atoms with Crippen molar-refractivity contribution in [2.24, 2.45) is 5.10 Å². The summed E-state index contributed by atoms with van der Waals surface area (Å²) in [4.78, 5) is 11.6. The summed E-state index contributed by atoms with van der Waals surface area (Å²) < 4.78 is 44.1. The number of halogens is 3. The molecular formula is C12H11F3N2O3S.